The molecular formula is C21H26N2OS. The van der Waals surface area contributed by atoms with E-state index in [1.165, 1.54) is 11.1 Å². The fraction of sp³-hybridized carbons (Fsp3) is 0.381. The Kier molecular flexibility index (Phi) is 7.26. The van der Waals surface area contributed by atoms with Crippen LogP contribution in [0.1, 0.15) is 54.7 Å². The molecule has 132 valence electrons. The van der Waals surface area contributed by atoms with Crippen LogP contribution in [0.4, 0.5) is 0 Å². The standard InChI is InChI=1S/C21H26N2OS/c1-4-7-17-12-14-23(15-13-17)19(21(25)22-6-3)20(24)18-10-8-16(5-2)9-11-18/h8-15,19H,4-7H2,1-3H3/t19-/m0/s1. The summed E-state index contributed by atoms with van der Waals surface area (Å²) in [5, 5.41) is 0.431. The third-order valence-electron chi connectivity index (χ3n) is 4.20. The van der Waals surface area contributed by atoms with Gasteiger partial charge in [-0.3, -0.25) is 4.79 Å². The molecule has 1 heterocycles. The zero-order chi connectivity index (χ0) is 18.2. The highest BCUT2D eigenvalue weighted by Crippen LogP contribution is 2.14. The first-order valence-corrected chi connectivity index (χ1v) is 9.35. The summed E-state index contributed by atoms with van der Waals surface area (Å²) in [7, 11) is 0. The van der Waals surface area contributed by atoms with Gasteiger partial charge < -0.3 is 17.6 Å². The third-order valence-corrected chi connectivity index (χ3v) is 4.55. The summed E-state index contributed by atoms with van der Waals surface area (Å²) in [5.41, 5.74) is 3.14. The Bertz CT molecular complexity index is 721. The van der Waals surface area contributed by atoms with Gasteiger partial charge in [0.15, 0.2) is 12.4 Å². The van der Waals surface area contributed by atoms with Crippen molar-refractivity contribution < 1.29 is 9.36 Å². The molecule has 0 unspecified atom stereocenters. The van der Waals surface area contributed by atoms with Gasteiger partial charge in [-0.25, -0.2) is 0 Å². The average Bonchev–Trinajstić information content (AvgIpc) is 2.64. The fourth-order valence-corrected chi connectivity index (χ4v) is 3.13. The maximum Gasteiger partial charge on any atom is 0.237 e. The molecule has 0 saturated carbocycles. The van der Waals surface area contributed by atoms with Crippen LogP contribution in [0, 0.1) is 0 Å². The molecule has 0 N–H and O–H groups in total. The first kappa shape index (κ1) is 19.3. The number of carbonyl (C=O) groups excluding carboxylic acids is 1. The quantitative estimate of drug-likeness (QED) is 0.237. The number of aryl methyl sites for hydroxylation is 2. The summed E-state index contributed by atoms with van der Waals surface area (Å²) >= 11 is 5.46. The van der Waals surface area contributed by atoms with Crippen LogP contribution < -0.4 is 4.57 Å². The number of hydrogen-bond donors (Lipinski definition) is 0. The Morgan fingerprint density at radius 1 is 1.04 bits per heavy atom. The topological polar surface area (TPSA) is 33.3 Å². The smallest absolute Gasteiger partial charge is 0.237 e. The molecule has 1 aromatic heterocycles. The van der Waals surface area contributed by atoms with E-state index in [1.54, 1.807) is 0 Å². The highest BCUT2D eigenvalue weighted by molar-refractivity contribution is 7.77. The molecule has 0 aliphatic heterocycles. The molecular weight excluding hydrogens is 328 g/mol. The average molecular weight is 355 g/mol. The van der Waals surface area contributed by atoms with Crippen LogP contribution in [0.2, 0.25) is 0 Å². The van der Waals surface area contributed by atoms with Crippen molar-refractivity contribution in [3.8, 4) is 0 Å². The normalized spacial score (nSPS) is 12.8. The van der Waals surface area contributed by atoms with Gasteiger partial charge in [0.2, 0.25) is 11.8 Å². The summed E-state index contributed by atoms with van der Waals surface area (Å²) < 4.78 is 1.87. The highest BCUT2D eigenvalue weighted by atomic mass is 32.1. The van der Waals surface area contributed by atoms with E-state index in [-0.39, 0.29) is 5.78 Å². The molecule has 0 aliphatic rings. The molecule has 0 bridgehead atoms. The van der Waals surface area contributed by atoms with Crippen LogP contribution in [0.3, 0.4) is 0 Å². The van der Waals surface area contributed by atoms with E-state index >= 15 is 0 Å². The van der Waals surface area contributed by atoms with Crippen molar-refractivity contribution in [2.24, 2.45) is 4.99 Å². The second kappa shape index (κ2) is 9.42. The minimum Gasteiger partial charge on any atom is -0.758 e. The van der Waals surface area contributed by atoms with Crippen molar-refractivity contribution in [1.82, 2.24) is 0 Å². The van der Waals surface area contributed by atoms with Crippen LogP contribution in [0.5, 0.6) is 0 Å². The van der Waals surface area contributed by atoms with Crippen molar-refractivity contribution in [1.29, 1.82) is 0 Å². The van der Waals surface area contributed by atoms with Crippen molar-refractivity contribution >= 4 is 23.5 Å². The number of benzene rings is 1. The van der Waals surface area contributed by atoms with Gasteiger partial charge in [0, 0.05) is 24.2 Å². The Balaban J connectivity index is 2.37. The van der Waals surface area contributed by atoms with Crippen LogP contribution in [-0.4, -0.2) is 17.4 Å². The van der Waals surface area contributed by atoms with Gasteiger partial charge in [0.05, 0.1) is 0 Å². The van der Waals surface area contributed by atoms with Gasteiger partial charge in [-0.05, 0) is 35.9 Å². The number of pyridine rings is 1. The number of rotatable bonds is 8. The lowest BCUT2D eigenvalue weighted by Gasteiger charge is -2.18. The molecule has 0 spiro atoms. The number of Topliss-reactive ketones (excluding diaryl/α,β-unsaturated/α-hetero) is 1. The minimum atomic E-state index is -0.571. The lowest BCUT2D eigenvalue weighted by Crippen LogP contribution is -2.47. The van der Waals surface area contributed by atoms with E-state index < -0.39 is 6.04 Å². The number of nitrogens with zero attached hydrogens (tertiary/aromatic N) is 2. The lowest BCUT2D eigenvalue weighted by atomic mass is 10.0. The molecule has 1 atom stereocenters. The molecule has 0 fully saturated rings. The van der Waals surface area contributed by atoms with Gasteiger partial charge in [0.25, 0.3) is 0 Å². The Morgan fingerprint density at radius 2 is 1.68 bits per heavy atom. The Morgan fingerprint density at radius 3 is 2.20 bits per heavy atom. The molecule has 0 aliphatic carbocycles. The van der Waals surface area contributed by atoms with E-state index in [9.17, 15) is 4.79 Å². The lowest BCUT2D eigenvalue weighted by molar-refractivity contribution is -0.692. The van der Waals surface area contributed by atoms with Gasteiger partial charge in [0.1, 0.15) is 0 Å². The number of carbonyl (C=O) groups is 1. The fourth-order valence-electron chi connectivity index (χ4n) is 2.78. The third kappa shape index (κ3) is 4.95. The molecule has 0 radical (unpaired) electrons. The van der Waals surface area contributed by atoms with Crippen LogP contribution in [0.25, 0.3) is 0 Å². The maximum atomic E-state index is 13.1. The van der Waals surface area contributed by atoms with Crippen molar-refractivity contribution in [2.75, 3.05) is 6.54 Å². The molecule has 3 nitrogen and oxygen atoms in total. The molecule has 4 heteroatoms. The molecule has 0 amide bonds. The molecule has 25 heavy (non-hydrogen) atoms. The minimum absolute atomic E-state index is 0.0157. The van der Waals surface area contributed by atoms with Crippen molar-refractivity contribution in [3.63, 3.8) is 0 Å². The first-order chi connectivity index (χ1) is 12.1. The number of aromatic nitrogens is 1. The van der Waals surface area contributed by atoms with Crippen molar-refractivity contribution in [3.05, 3.63) is 65.5 Å². The largest absolute Gasteiger partial charge is 0.758 e. The zero-order valence-electron chi connectivity index (χ0n) is 15.2. The van der Waals surface area contributed by atoms with E-state index in [4.69, 9.17) is 12.6 Å². The second-order valence-electron chi connectivity index (χ2n) is 6.03. The molecule has 2 aromatic rings. The number of ketones is 1. The summed E-state index contributed by atoms with van der Waals surface area (Å²) in [6.45, 7) is 6.76. The first-order valence-electron chi connectivity index (χ1n) is 8.94. The summed E-state index contributed by atoms with van der Waals surface area (Å²) in [4.78, 5) is 17.4. The van der Waals surface area contributed by atoms with Crippen molar-refractivity contribution in [2.45, 2.75) is 46.1 Å². The SMILES string of the molecule is CCCc1cc[n+]([C@@H](C(=O)c2ccc(CC)cc2)C([S-])=NCC)cc1. The molecule has 0 saturated heterocycles. The van der Waals surface area contributed by atoms with E-state index in [2.05, 4.69) is 31.0 Å². The second-order valence-corrected chi connectivity index (χ2v) is 6.45. The van der Waals surface area contributed by atoms with E-state index in [0.717, 1.165) is 19.3 Å². The Labute approximate surface area is 156 Å². The molecule has 1 aromatic carbocycles. The van der Waals surface area contributed by atoms with E-state index in [1.807, 2.05) is 48.1 Å². The van der Waals surface area contributed by atoms with Crippen LogP contribution in [0.15, 0.2) is 53.8 Å². The maximum absolute atomic E-state index is 13.1. The summed E-state index contributed by atoms with van der Waals surface area (Å²) in [5.74, 6) is -0.0157. The van der Waals surface area contributed by atoms with Crippen LogP contribution >= 0.6 is 0 Å². The predicted molar refractivity (Wildman–Crippen MR) is 105 cm³/mol. The number of hydrogen-bond acceptors (Lipinski definition) is 3. The van der Waals surface area contributed by atoms with E-state index in [0.29, 0.717) is 17.2 Å². The summed E-state index contributed by atoms with van der Waals surface area (Å²) in [6.07, 6.45) is 6.95. The highest BCUT2D eigenvalue weighted by Gasteiger charge is 2.28. The Hall–Kier alpha value is -2.07. The van der Waals surface area contributed by atoms with Gasteiger partial charge >= 0.3 is 0 Å². The van der Waals surface area contributed by atoms with Gasteiger partial charge in [-0.2, -0.15) is 4.57 Å². The van der Waals surface area contributed by atoms with Crippen LogP contribution in [-0.2, 0) is 25.5 Å². The molecule has 2 rings (SSSR count). The summed E-state index contributed by atoms with van der Waals surface area (Å²) in [6, 6.07) is 11.3. The van der Waals surface area contributed by atoms with Gasteiger partial charge in [-0.1, -0.05) is 44.5 Å². The van der Waals surface area contributed by atoms with Gasteiger partial charge in [-0.15, -0.1) is 0 Å². The monoisotopic (exact) mass is 354 g/mol. The zero-order valence-corrected chi connectivity index (χ0v) is 16.1. The number of aliphatic imine (C=N–C) groups is 1. The predicted octanol–water partition coefficient (Wildman–Crippen LogP) is 3.88.